The monoisotopic (exact) mass is 576 g/mol. The number of hydrogen-bond acceptors (Lipinski definition) is 6. The standard InChI is InChI=1S/C33H62N5O3/c1-24(35-41-31(40)37(21-22-38(6,7)8)20-18-34-17-19-36(4)5)28-11-12-29-27-10-9-25-23-26(39)13-15-32(25,2)30(27)14-16-33(28,29)3/h25-30,34,39H,9-23H2,1-8H3/q+1/b35-24+/t25-,26+,27-,28+,29-,30-,32-,33+/m0/s1. The molecular formula is C33H62N5O3+. The highest BCUT2D eigenvalue weighted by Gasteiger charge is 2.60. The van der Waals surface area contributed by atoms with Gasteiger partial charge >= 0.3 is 6.09 Å². The number of nitrogens with one attached hydrogen (secondary N) is 1. The molecule has 0 aliphatic heterocycles. The van der Waals surface area contributed by atoms with E-state index in [0.717, 1.165) is 73.4 Å². The molecule has 4 saturated carbocycles. The van der Waals surface area contributed by atoms with Crippen molar-refractivity contribution in [3.8, 4) is 0 Å². The number of oxime groups is 1. The van der Waals surface area contributed by atoms with Crippen LogP contribution in [-0.2, 0) is 4.84 Å². The van der Waals surface area contributed by atoms with E-state index in [1.807, 2.05) is 4.90 Å². The van der Waals surface area contributed by atoms with Crippen LogP contribution >= 0.6 is 0 Å². The van der Waals surface area contributed by atoms with Crippen LogP contribution in [0.2, 0.25) is 0 Å². The molecule has 4 aliphatic rings. The largest absolute Gasteiger partial charge is 0.436 e. The fourth-order valence-electron chi connectivity index (χ4n) is 9.51. The topological polar surface area (TPSA) is 77.4 Å². The Kier molecular flexibility index (Phi) is 10.5. The molecule has 0 bridgehead atoms. The molecule has 0 aromatic carbocycles. The Balaban J connectivity index is 1.37. The van der Waals surface area contributed by atoms with Crippen molar-refractivity contribution < 1.29 is 19.2 Å². The third kappa shape index (κ3) is 7.47. The molecule has 0 saturated heterocycles. The molecule has 8 heteroatoms. The zero-order valence-corrected chi connectivity index (χ0v) is 27.6. The van der Waals surface area contributed by atoms with E-state index in [-0.39, 0.29) is 17.6 Å². The van der Waals surface area contributed by atoms with E-state index >= 15 is 0 Å². The van der Waals surface area contributed by atoms with E-state index < -0.39 is 0 Å². The molecule has 0 spiro atoms. The van der Waals surface area contributed by atoms with Crippen LogP contribution in [0.25, 0.3) is 0 Å². The van der Waals surface area contributed by atoms with Gasteiger partial charge in [0.05, 0.1) is 46.0 Å². The summed E-state index contributed by atoms with van der Waals surface area (Å²) in [6.07, 6.45) is 10.3. The Bertz CT molecular complexity index is 919. The fourth-order valence-corrected chi connectivity index (χ4v) is 9.51. The number of fused-ring (bicyclic) bond motifs is 5. The predicted octanol–water partition coefficient (Wildman–Crippen LogP) is 4.68. The van der Waals surface area contributed by atoms with Gasteiger partial charge in [0.1, 0.15) is 0 Å². The van der Waals surface area contributed by atoms with Gasteiger partial charge in [-0.3, -0.25) is 9.74 Å². The first kappa shape index (κ1) is 32.7. The van der Waals surface area contributed by atoms with Gasteiger partial charge in [-0.25, -0.2) is 4.79 Å². The Morgan fingerprint density at radius 1 is 0.951 bits per heavy atom. The summed E-state index contributed by atoms with van der Waals surface area (Å²) in [5.74, 6) is 3.39. The summed E-state index contributed by atoms with van der Waals surface area (Å²) in [6, 6.07) is 0. The van der Waals surface area contributed by atoms with Crippen LogP contribution in [0.3, 0.4) is 0 Å². The first-order valence-corrected chi connectivity index (χ1v) is 16.6. The highest BCUT2D eigenvalue weighted by molar-refractivity contribution is 5.85. The second kappa shape index (κ2) is 13.2. The molecule has 8 nitrogen and oxygen atoms in total. The van der Waals surface area contributed by atoms with Gasteiger partial charge in [-0.05, 0) is 113 Å². The highest BCUT2D eigenvalue weighted by atomic mass is 16.7. The van der Waals surface area contributed by atoms with Crippen molar-refractivity contribution >= 4 is 11.8 Å². The normalized spacial score (nSPS) is 37.4. The Hall–Kier alpha value is -1.22. The number of carbonyl (C=O) groups excluding carboxylic acids is 1. The van der Waals surface area contributed by atoms with E-state index in [9.17, 15) is 9.90 Å². The average Bonchev–Trinajstić information content (AvgIpc) is 3.25. The molecule has 8 atom stereocenters. The number of aliphatic hydroxyl groups is 1. The maximum absolute atomic E-state index is 13.2. The predicted molar refractivity (Wildman–Crippen MR) is 167 cm³/mol. The maximum atomic E-state index is 13.2. The highest BCUT2D eigenvalue weighted by Crippen LogP contribution is 2.67. The molecule has 4 rings (SSSR count). The zero-order chi connectivity index (χ0) is 30.0. The molecule has 236 valence electrons. The smallest absolute Gasteiger partial charge is 0.393 e. The summed E-state index contributed by atoms with van der Waals surface area (Å²) in [5.41, 5.74) is 1.63. The van der Waals surface area contributed by atoms with Crippen molar-refractivity contribution in [1.82, 2.24) is 15.1 Å². The summed E-state index contributed by atoms with van der Waals surface area (Å²) in [6.45, 7) is 11.9. The van der Waals surface area contributed by atoms with Crippen molar-refractivity contribution in [3.63, 3.8) is 0 Å². The number of quaternary nitrogens is 1. The molecular weight excluding hydrogens is 514 g/mol. The summed E-state index contributed by atoms with van der Waals surface area (Å²) in [4.78, 5) is 22.9. The second-order valence-corrected chi connectivity index (χ2v) is 15.9. The molecule has 0 radical (unpaired) electrons. The number of nitrogens with zero attached hydrogens (tertiary/aromatic N) is 4. The molecule has 2 N–H and O–H groups in total. The van der Waals surface area contributed by atoms with Crippen LogP contribution in [0.15, 0.2) is 5.16 Å². The molecule has 0 aromatic rings. The Morgan fingerprint density at radius 3 is 2.34 bits per heavy atom. The van der Waals surface area contributed by atoms with E-state index in [1.54, 1.807) is 0 Å². The lowest BCUT2D eigenvalue weighted by molar-refractivity contribution is -0.869. The number of rotatable bonds is 11. The van der Waals surface area contributed by atoms with Crippen molar-refractivity contribution in [3.05, 3.63) is 0 Å². The lowest BCUT2D eigenvalue weighted by atomic mass is 9.44. The number of hydrogen-bond donors (Lipinski definition) is 2. The molecule has 4 fully saturated rings. The van der Waals surface area contributed by atoms with E-state index in [0.29, 0.717) is 30.3 Å². The van der Waals surface area contributed by atoms with Gasteiger partial charge in [-0.1, -0.05) is 19.0 Å². The van der Waals surface area contributed by atoms with Crippen LogP contribution < -0.4 is 5.32 Å². The SMILES string of the molecule is C/C(=N\OC(=O)N(CCNCCN(C)C)CC[N+](C)(C)C)[C@H]1CC[C@H]2[C@@H]3CC[C@H]4C[C@H](O)CC[C@]4(C)[C@H]3CC[C@]12C. The number of likely N-dealkylation sites (N-methyl/N-ethyl adjacent to an activating group) is 2. The van der Waals surface area contributed by atoms with Crippen molar-refractivity contribution in [2.75, 3.05) is 74.5 Å². The summed E-state index contributed by atoms with van der Waals surface area (Å²) < 4.78 is 0.796. The van der Waals surface area contributed by atoms with Gasteiger partial charge < -0.3 is 19.8 Å². The molecule has 1 amide bonds. The van der Waals surface area contributed by atoms with Gasteiger partial charge in [-0.2, -0.15) is 0 Å². The minimum atomic E-state index is -0.332. The van der Waals surface area contributed by atoms with Gasteiger partial charge in [0.2, 0.25) is 0 Å². The van der Waals surface area contributed by atoms with Crippen LogP contribution in [0.1, 0.15) is 78.6 Å². The summed E-state index contributed by atoms with van der Waals surface area (Å²) in [7, 11) is 10.6. The first-order valence-electron chi connectivity index (χ1n) is 16.6. The zero-order valence-electron chi connectivity index (χ0n) is 27.6. The second-order valence-electron chi connectivity index (χ2n) is 15.9. The van der Waals surface area contributed by atoms with E-state index in [2.05, 4.69) is 71.4 Å². The van der Waals surface area contributed by atoms with Gasteiger partial charge in [0.15, 0.2) is 0 Å². The third-order valence-corrected chi connectivity index (χ3v) is 12.0. The molecule has 41 heavy (non-hydrogen) atoms. The van der Waals surface area contributed by atoms with Gasteiger partial charge in [0.25, 0.3) is 0 Å². The number of aliphatic hydroxyl groups excluding tert-OH is 1. The third-order valence-electron chi connectivity index (χ3n) is 12.0. The summed E-state index contributed by atoms with van der Waals surface area (Å²) in [5, 5.41) is 18.3. The Labute approximate surface area is 250 Å². The van der Waals surface area contributed by atoms with E-state index in [4.69, 9.17) is 4.84 Å². The lowest BCUT2D eigenvalue weighted by Gasteiger charge is -2.61. The van der Waals surface area contributed by atoms with Crippen LogP contribution in [0, 0.1) is 40.4 Å². The lowest BCUT2D eigenvalue weighted by Crippen LogP contribution is -2.54. The van der Waals surface area contributed by atoms with Crippen molar-refractivity contribution in [2.24, 2.45) is 45.6 Å². The van der Waals surface area contributed by atoms with Gasteiger partial charge in [-0.15, -0.1) is 0 Å². The summed E-state index contributed by atoms with van der Waals surface area (Å²) >= 11 is 0. The number of carbonyl (C=O) groups is 1. The minimum absolute atomic E-state index is 0.0845. The van der Waals surface area contributed by atoms with Crippen LogP contribution in [0.5, 0.6) is 0 Å². The van der Waals surface area contributed by atoms with Crippen LogP contribution in [-0.4, -0.2) is 112 Å². The maximum Gasteiger partial charge on any atom is 0.436 e. The number of amides is 1. The first-order chi connectivity index (χ1) is 19.2. The molecule has 0 heterocycles. The molecule has 0 unspecified atom stereocenters. The average molecular weight is 577 g/mol. The minimum Gasteiger partial charge on any atom is -0.393 e. The fraction of sp³-hybridized carbons (Fsp3) is 0.939. The van der Waals surface area contributed by atoms with Crippen molar-refractivity contribution in [2.45, 2.75) is 84.7 Å². The van der Waals surface area contributed by atoms with Crippen molar-refractivity contribution in [1.29, 1.82) is 0 Å². The molecule has 4 aliphatic carbocycles. The Morgan fingerprint density at radius 2 is 1.63 bits per heavy atom. The van der Waals surface area contributed by atoms with Gasteiger partial charge in [0, 0.05) is 32.1 Å². The molecule has 0 aromatic heterocycles. The quantitative estimate of drug-likeness (QED) is 0.123. The van der Waals surface area contributed by atoms with Crippen LogP contribution in [0.4, 0.5) is 4.79 Å². The van der Waals surface area contributed by atoms with E-state index in [1.165, 1.54) is 38.5 Å².